The standard InChI is InChI=1S/C23H28N2O6S/c1-3-32(28,29)25-14-12-18(13-15-25)23(27)31-21(17-8-5-4-6-9-17)22(26)24-19-10-7-11-20(16-19)30-2/h4-11,16,18,21H,3,12-15H2,1-2H3,(H,24,26). The van der Waals surface area contributed by atoms with Gasteiger partial charge < -0.3 is 14.8 Å². The number of nitrogens with one attached hydrogen (secondary N) is 1. The normalized spacial score (nSPS) is 16.2. The Hall–Kier alpha value is -2.91. The maximum Gasteiger partial charge on any atom is 0.310 e. The molecule has 0 radical (unpaired) electrons. The van der Waals surface area contributed by atoms with E-state index in [2.05, 4.69) is 5.32 Å². The second-order valence-electron chi connectivity index (χ2n) is 7.52. The van der Waals surface area contributed by atoms with E-state index in [0.29, 0.717) is 29.8 Å². The van der Waals surface area contributed by atoms with E-state index in [1.807, 2.05) is 6.07 Å². The lowest BCUT2D eigenvalue weighted by Gasteiger charge is -2.30. The van der Waals surface area contributed by atoms with Crippen molar-refractivity contribution in [3.05, 3.63) is 60.2 Å². The van der Waals surface area contributed by atoms with Crippen molar-refractivity contribution in [3.8, 4) is 5.75 Å². The first-order chi connectivity index (χ1) is 15.3. The molecule has 1 atom stereocenters. The number of methoxy groups -OCH3 is 1. The molecule has 9 heteroatoms. The van der Waals surface area contributed by atoms with Gasteiger partial charge in [0, 0.05) is 30.4 Å². The molecule has 0 bridgehead atoms. The van der Waals surface area contributed by atoms with Crippen molar-refractivity contribution in [1.29, 1.82) is 0 Å². The van der Waals surface area contributed by atoms with E-state index in [4.69, 9.17) is 9.47 Å². The zero-order valence-corrected chi connectivity index (χ0v) is 19.0. The summed E-state index contributed by atoms with van der Waals surface area (Å²) in [6.07, 6.45) is -0.416. The number of hydrogen-bond acceptors (Lipinski definition) is 6. The first kappa shape index (κ1) is 23.7. The summed E-state index contributed by atoms with van der Waals surface area (Å²) in [7, 11) is -1.75. The Balaban J connectivity index is 1.71. The van der Waals surface area contributed by atoms with Crippen molar-refractivity contribution in [2.24, 2.45) is 5.92 Å². The van der Waals surface area contributed by atoms with Gasteiger partial charge in [-0.1, -0.05) is 36.4 Å². The zero-order chi connectivity index (χ0) is 23.1. The van der Waals surface area contributed by atoms with E-state index >= 15 is 0 Å². The highest BCUT2D eigenvalue weighted by Gasteiger charge is 2.34. The minimum atomic E-state index is -3.28. The molecule has 0 saturated carbocycles. The largest absolute Gasteiger partial charge is 0.497 e. The van der Waals surface area contributed by atoms with Gasteiger partial charge in [-0.15, -0.1) is 0 Å². The van der Waals surface area contributed by atoms with Crippen LogP contribution in [0.4, 0.5) is 5.69 Å². The summed E-state index contributed by atoms with van der Waals surface area (Å²) in [5.74, 6) is -0.834. The van der Waals surface area contributed by atoms with Crippen LogP contribution in [0.5, 0.6) is 5.75 Å². The van der Waals surface area contributed by atoms with Gasteiger partial charge in [-0.3, -0.25) is 9.59 Å². The molecular weight excluding hydrogens is 432 g/mol. The molecule has 172 valence electrons. The van der Waals surface area contributed by atoms with Gasteiger partial charge in [-0.2, -0.15) is 0 Å². The fraction of sp³-hybridized carbons (Fsp3) is 0.391. The van der Waals surface area contributed by atoms with E-state index in [0.717, 1.165) is 0 Å². The lowest BCUT2D eigenvalue weighted by molar-refractivity contribution is -0.160. The Morgan fingerprint density at radius 1 is 1.09 bits per heavy atom. The van der Waals surface area contributed by atoms with E-state index in [1.165, 1.54) is 11.4 Å². The van der Waals surface area contributed by atoms with Crippen LogP contribution in [0.3, 0.4) is 0 Å². The average molecular weight is 461 g/mol. The number of piperidine rings is 1. The van der Waals surface area contributed by atoms with Crippen molar-refractivity contribution >= 4 is 27.6 Å². The van der Waals surface area contributed by atoms with Crippen molar-refractivity contribution in [2.45, 2.75) is 25.9 Å². The minimum Gasteiger partial charge on any atom is -0.497 e. The summed E-state index contributed by atoms with van der Waals surface area (Å²) >= 11 is 0. The molecule has 32 heavy (non-hydrogen) atoms. The van der Waals surface area contributed by atoms with Crippen LogP contribution in [0.1, 0.15) is 31.4 Å². The van der Waals surface area contributed by atoms with Crippen LogP contribution in [-0.4, -0.2) is 50.6 Å². The van der Waals surface area contributed by atoms with E-state index in [-0.39, 0.29) is 18.8 Å². The van der Waals surface area contributed by atoms with Gasteiger partial charge in [0.15, 0.2) is 0 Å². The molecule has 2 aromatic carbocycles. The van der Waals surface area contributed by atoms with E-state index in [1.54, 1.807) is 55.5 Å². The molecule has 0 aliphatic carbocycles. The summed E-state index contributed by atoms with van der Waals surface area (Å²) in [4.78, 5) is 25.9. The quantitative estimate of drug-likeness (QED) is 0.608. The summed E-state index contributed by atoms with van der Waals surface area (Å²) in [6.45, 7) is 2.13. The molecule has 1 aliphatic heterocycles. The number of esters is 1. The third-order valence-electron chi connectivity index (χ3n) is 5.46. The number of nitrogens with zero attached hydrogens (tertiary/aromatic N) is 1. The lowest BCUT2D eigenvalue weighted by Crippen LogP contribution is -2.41. The van der Waals surface area contributed by atoms with Crippen molar-refractivity contribution in [2.75, 3.05) is 31.3 Å². The summed E-state index contributed by atoms with van der Waals surface area (Å²) < 4.78 is 36.4. The Morgan fingerprint density at radius 3 is 2.41 bits per heavy atom. The number of ether oxygens (including phenoxy) is 2. The Labute approximate surface area is 188 Å². The van der Waals surface area contributed by atoms with Crippen LogP contribution < -0.4 is 10.1 Å². The predicted molar refractivity (Wildman–Crippen MR) is 121 cm³/mol. The molecule has 0 aromatic heterocycles. The van der Waals surface area contributed by atoms with Crippen LogP contribution in [0.15, 0.2) is 54.6 Å². The summed E-state index contributed by atoms with van der Waals surface area (Å²) in [5.41, 5.74) is 1.07. The van der Waals surface area contributed by atoms with Crippen LogP contribution in [0, 0.1) is 5.92 Å². The van der Waals surface area contributed by atoms with Crippen molar-refractivity contribution in [3.63, 3.8) is 0 Å². The molecule has 1 aliphatic rings. The predicted octanol–water partition coefficient (Wildman–Crippen LogP) is 2.98. The van der Waals surface area contributed by atoms with Crippen molar-refractivity contribution in [1.82, 2.24) is 4.31 Å². The van der Waals surface area contributed by atoms with Gasteiger partial charge in [0.05, 0.1) is 18.8 Å². The van der Waals surface area contributed by atoms with E-state index in [9.17, 15) is 18.0 Å². The SMILES string of the molecule is CCS(=O)(=O)N1CCC(C(=O)OC(C(=O)Nc2cccc(OC)c2)c2ccccc2)CC1. The Kier molecular flexibility index (Phi) is 7.87. The van der Waals surface area contributed by atoms with Crippen LogP contribution in [0.2, 0.25) is 0 Å². The van der Waals surface area contributed by atoms with Gasteiger partial charge in [0.25, 0.3) is 5.91 Å². The second-order valence-corrected chi connectivity index (χ2v) is 9.78. The highest BCUT2D eigenvalue weighted by Crippen LogP contribution is 2.27. The van der Waals surface area contributed by atoms with Gasteiger partial charge >= 0.3 is 5.97 Å². The van der Waals surface area contributed by atoms with Gasteiger partial charge in [0.2, 0.25) is 16.1 Å². The first-order valence-corrected chi connectivity index (χ1v) is 12.1. The van der Waals surface area contributed by atoms with Gasteiger partial charge in [-0.25, -0.2) is 12.7 Å². The average Bonchev–Trinajstić information content (AvgIpc) is 2.83. The van der Waals surface area contributed by atoms with Gasteiger partial charge in [-0.05, 0) is 31.9 Å². The molecule has 1 heterocycles. The van der Waals surface area contributed by atoms with Crippen LogP contribution >= 0.6 is 0 Å². The first-order valence-electron chi connectivity index (χ1n) is 10.5. The fourth-order valence-electron chi connectivity index (χ4n) is 3.57. The number of amides is 1. The molecule has 2 aromatic rings. The van der Waals surface area contributed by atoms with Crippen LogP contribution in [-0.2, 0) is 24.3 Å². The van der Waals surface area contributed by atoms with Crippen molar-refractivity contribution < 1.29 is 27.5 Å². The number of sulfonamides is 1. The topological polar surface area (TPSA) is 102 Å². The molecule has 1 N–H and O–H groups in total. The smallest absolute Gasteiger partial charge is 0.310 e. The number of carbonyl (C=O) groups excluding carboxylic acids is 2. The summed E-state index contributed by atoms with van der Waals surface area (Å²) in [6, 6.07) is 15.7. The molecule has 1 unspecified atom stereocenters. The number of carbonyl (C=O) groups is 2. The number of hydrogen-bond donors (Lipinski definition) is 1. The number of anilines is 1. The number of rotatable bonds is 8. The summed E-state index contributed by atoms with van der Waals surface area (Å²) in [5, 5.41) is 2.77. The molecule has 1 amide bonds. The highest BCUT2D eigenvalue weighted by atomic mass is 32.2. The molecule has 0 spiro atoms. The second kappa shape index (κ2) is 10.6. The van der Waals surface area contributed by atoms with Crippen LogP contribution in [0.25, 0.3) is 0 Å². The van der Waals surface area contributed by atoms with Gasteiger partial charge in [0.1, 0.15) is 5.75 Å². The molecular formula is C23H28N2O6S. The highest BCUT2D eigenvalue weighted by molar-refractivity contribution is 7.89. The molecule has 8 nitrogen and oxygen atoms in total. The Morgan fingerprint density at radius 2 is 1.78 bits per heavy atom. The minimum absolute atomic E-state index is 0.0304. The third-order valence-corrected chi connectivity index (χ3v) is 7.34. The molecule has 1 saturated heterocycles. The number of benzene rings is 2. The monoisotopic (exact) mass is 460 g/mol. The maximum atomic E-state index is 13.0. The zero-order valence-electron chi connectivity index (χ0n) is 18.2. The third kappa shape index (κ3) is 5.86. The molecule has 1 fully saturated rings. The Bertz CT molecular complexity index is 1030. The fourth-order valence-corrected chi connectivity index (χ4v) is 4.71. The lowest BCUT2D eigenvalue weighted by atomic mass is 9.98. The molecule has 3 rings (SSSR count). The maximum absolute atomic E-state index is 13.0. The van der Waals surface area contributed by atoms with E-state index < -0.39 is 33.9 Å².